The summed E-state index contributed by atoms with van der Waals surface area (Å²) in [6.45, 7) is 3.46. The second-order valence-electron chi connectivity index (χ2n) is 8.11. The molecular weight excluding hydrogens is 482 g/mol. The molecular formula is C23H26ClN3O4S2. The first-order valence-electron chi connectivity index (χ1n) is 10.7. The summed E-state index contributed by atoms with van der Waals surface area (Å²) >= 11 is 7.53. The number of piperidine rings is 1. The number of nitrogens with zero attached hydrogens (tertiary/aromatic N) is 3. The number of benzene rings is 2. The Kier molecular flexibility index (Phi) is 7.35. The van der Waals surface area contributed by atoms with E-state index < -0.39 is 15.9 Å². The lowest BCUT2D eigenvalue weighted by atomic mass is 9.99. The van der Waals surface area contributed by atoms with Crippen LogP contribution in [0.4, 0.5) is 0 Å². The normalized spacial score (nSPS) is 18.2. The molecule has 1 unspecified atom stereocenters. The van der Waals surface area contributed by atoms with Crippen LogP contribution in [0, 0.1) is 12.8 Å². The first-order valence-corrected chi connectivity index (χ1v) is 13.4. The number of hydrogen-bond donors (Lipinski definition) is 0. The van der Waals surface area contributed by atoms with Crippen molar-refractivity contribution in [3.8, 4) is 0 Å². The Balaban J connectivity index is 1.62. The van der Waals surface area contributed by atoms with E-state index in [1.807, 2.05) is 23.6 Å². The molecule has 2 heterocycles. The van der Waals surface area contributed by atoms with Crippen LogP contribution in [0.25, 0.3) is 10.2 Å². The van der Waals surface area contributed by atoms with Gasteiger partial charge in [0.1, 0.15) is 0 Å². The summed E-state index contributed by atoms with van der Waals surface area (Å²) in [5.41, 5.74) is 1.92. The molecule has 10 heteroatoms. The highest BCUT2D eigenvalue weighted by molar-refractivity contribution is 7.89. The van der Waals surface area contributed by atoms with Gasteiger partial charge in [-0.15, -0.1) is 0 Å². The van der Waals surface area contributed by atoms with Gasteiger partial charge in [-0.25, -0.2) is 8.42 Å². The minimum absolute atomic E-state index is 0.132. The molecule has 3 aromatic rings. The van der Waals surface area contributed by atoms with Crippen LogP contribution in [0.5, 0.6) is 0 Å². The Morgan fingerprint density at radius 1 is 1.24 bits per heavy atom. The molecule has 0 radical (unpaired) electrons. The highest BCUT2D eigenvalue weighted by Crippen LogP contribution is 2.26. The number of sulfonamides is 1. The second kappa shape index (κ2) is 10.1. The lowest BCUT2D eigenvalue weighted by Crippen LogP contribution is -2.42. The lowest BCUT2D eigenvalue weighted by molar-refractivity contribution is -0.122. The summed E-state index contributed by atoms with van der Waals surface area (Å²) in [6, 6.07) is 12.3. The van der Waals surface area contributed by atoms with Crippen molar-refractivity contribution in [1.29, 1.82) is 0 Å². The lowest BCUT2D eigenvalue weighted by Gasteiger charge is -2.30. The van der Waals surface area contributed by atoms with Gasteiger partial charge in [0.2, 0.25) is 10.0 Å². The maximum absolute atomic E-state index is 13.1. The maximum Gasteiger partial charge on any atom is 0.252 e. The Hall–Kier alpha value is -2.04. The number of halogens is 1. The molecule has 1 aromatic heterocycles. The van der Waals surface area contributed by atoms with Gasteiger partial charge in [-0.05, 0) is 50.1 Å². The van der Waals surface area contributed by atoms with E-state index >= 15 is 0 Å². The van der Waals surface area contributed by atoms with Crippen molar-refractivity contribution in [2.24, 2.45) is 10.9 Å². The molecule has 1 aliphatic rings. The molecule has 0 spiro atoms. The quantitative estimate of drug-likeness (QED) is 0.507. The number of carbonyl (C=O) groups excluding carboxylic acids is 1. The van der Waals surface area contributed by atoms with Gasteiger partial charge in [-0.1, -0.05) is 40.6 Å². The van der Waals surface area contributed by atoms with Crippen LogP contribution in [0.15, 0.2) is 52.4 Å². The summed E-state index contributed by atoms with van der Waals surface area (Å²) in [5, 5.41) is 0.616. The van der Waals surface area contributed by atoms with Crippen LogP contribution >= 0.6 is 22.9 Å². The first kappa shape index (κ1) is 24.1. The van der Waals surface area contributed by atoms with Gasteiger partial charge in [-0.2, -0.15) is 9.30 Å². The van der Waals surface area contributed by atoms with E-state index in [1.54, 1.807) is 37.4 Å². The average molecular weight is 508 g/mol. The van der Waals surface area contributed by atoms with Crippen LogP contribution < -0.4 is 4.80 Å². The van der Waals surface area contributed by atoms with Gasteiger partial charge in [0.05, 0.1) is 27.6 Å². The van der Waals surface area contributed by atoms with Crippen LogP contribution in [0.3, 0.4) is 0 Å². The minimum Gasteiger partial charge on any atom is -0.383 e. The van der Waals surface area contributed by atoms with E-state index in [9.17, 15) is 13.2 Å². The molecule has 0 aliphatic carbocycles. The Morgan fingerprint density at radius 2 is 2.00 bits per heavy atom. The number of aryl methyl sites for hydroxylation is 1. The second-order valence-corrected chi connectivity index (χ2v) is 11.5. The summed E-state index contributed by atoms with van der Waals surface area (Å²) in [5.74, 6) is -0.786. The molecule has 0 bridgehead atoms. The molecule has 1 fully saturated rings. The number of carbonyl (C=O) groups is 1. The number of thiazole rings is 1. The molecule has 33 heavy (non-hydrogen) atoms. The number of aromatic nitrogens is 1. The zero-order valence-corrected chi connectivity index (χ0v) is 20.9. The number of ether oxygens (including phenoxy) is 1. The van der Waals surface area contributed by atoms with Crippen LogP contribution in [0.2, 0.25) is 5.02 Å². The van der Waals surface area contributed by atoms with Gasteiger partial charge in [0, 0.05) is 31.8 Å². The van der Waals surface area contributed by atoms with Crippen LogP contribution in [0.1, 0.15) is 18.4 Å². The van der Waals surface area contributed by atoms with Crippen molar-refractivity contribution >= 4 is 49.1 Å². The maximum atomic E-state index is 13.1. The van der Waals surface area contributed by atoms with Crippen molar-refractivity contribution in [3.63, 3.8) is 0 Å². The number of methoxy groups -OCH3 is 1. The first-order chi connectivity index (χ1) is 15.8. The Bertz CT molecular complexity index is 1330. The molecule has 1 atom stereocenters. The van der Waals surface area contributed by atoms with Crippen molar-refractivity contribution in [2.45, 2.75) is 31.2 Å². The fourth-order valence-corrected chi connectivity index (χ4v) is 6.80. The Labute approximate surface area is 202 Å². The van der Waals surface area contributed by atoms with E-state index in [0.29, 0.717) is 42.4 Å². The van der Waals surface area contributed by atoms with E-state index in [4.69, 9.17) is 16.3 Å². The largest absolute Gasteiger partial charge is 0.383 e. The van der Waals surface area contributed by atoms with E-state index in [2.05, 4.69) is 4.99 Å². The summed E-state index contributed by atoms with van der Waals surface area (Å²) in [7, 11) is -2.03. The average Bonchev–Trinajstić information content (AvgIpc) is 3.13. The number of rotatable bonds is 6. The van der Waals surface area contributed by atoms with E-state index in [1.165, 1.54) is 15.6 Å². The van der Waals surface area contributed by atoms with Crippen molar-refractivity contribution in [1.82, 2.24) is 8.87 Å². The fraction of sp³-hybridized carbons (Fsp3) is 0.391. The fourth-order valence-electron chi connectivity index (χ4n) is 3.94. The molecule has 0 saturated carbocycles. The van der Waals surface area contributed by atoms with Crippen molar-refractivity contribution < 1.29 is 17.9 Å². The Morgan fingerprint density at radius 3 is 2.73 bits per heavy atom. The minimum atomic E-state index is -3.66. The van der Waals surface area contributed by atoms with Gasteiger partial charge >= 0.3 is 0 Å². The monoisotopic (exact) mass is 507 g/mol. The van der Waals surface area contributed by atoms with Crippen LogP contribution in [-0.2, 0) is 26.1 Å². The number of fused-ring (bicyclic) bond motifs is 1. The molecule has 7 nitrogen and oxygen atoms in total. The van der Waals surface area contributed by atoms with Crippen molar-refractivity contribution in [3.05, 3.63) is 57.9 Å². The predicted octanol–water partition coefficient (Wildman–Crippen LogP) is 3.84. The smallest absolute Gasteiger partial charge is 0.252 e. The van der Waals surface area contributed by atoms with E-state index in [-0.39, 0.29) is 17.3 Å². The molecule has 1 saturated heterocycles. The van der Waals surface area contributed by atoms with Gasteiger partial charge in [0.15, 0.2) is 4.80 Å². The third-order valence-corrected chi connectivity index (χ3v) is 8.92. The predicted molar refractivity (Wildman–Crippen MR) is 130 cm³/mol. The van der Waals surface area contributed by atoms with Gasteiger partial charge < -0.3 is 9.30 Å². The third kappa shape index (κ3) is 5.22. The van der Waals surface area contributed by atoms with Crippen LogP contribution in [-0.4, -0.2) is 50.0 Å². The highest BCUT2D eigenvalue weighted by atomic mass is 35.5. The summed E-state index contributed by atoms with van der Waals surface area (Å²) < 4.78 is 35.7. The number of amides is 1. The molecule has 0 N–H and O–H groups in total. The molecule has 1 aliphatic heterocycles. The highest BCUT2D eigenvalue weighted by Gasteiger charge is 2.33. The van der Waals surface area contributed by atoms with Gasteiger partial charge in [0.25, 0.3) is 5.91 Å². The number of hydrogen-bond acceptors (Lipinski definition) is 5. The summed E-state index contributed by atoms with van der Waals surface area (Å²) in [4.78, 5) is 18.4. The van der Waals surface area contributed by atoms with E-state index in [0.717, 1.165) is 15.8 Å². The molecule has 4 rings (SSSR count). The summed E-state index contributed by atoms with van der Waals surface area (Å²) in [6.07, 6.45) is 1.22. The topological polar surface area (TPSA) is 81.0 Å². The molecule has 1 amide bonds. The standard InChI is InChI=1S/C23H26ClN3O4S2/c1-16-5-8-19(9-6-16)33(29,30)26-11-3-4-17(15-26)22(28)25-23-27(12-13-31-2)20-10-7-18(24)14-21(20)32-23/h5-10,14,17H,3-4,11-13,15H2,1-2H3. The zero-order chi connectivity index (χ0) is 23.6. The SMILES string of the molecule is COCCn1c(=NC(=O)C2CCCN(S(=O)(=O)c3ccc(C)cc3)C2)sc2cc(Cl)ccc21. The molecule has 176 valence electrons. The molecule has 2 aromatic carbocycles. The zero-order valence-electron chi connectivity index (χ0n) is 18.5. The van der Waals surface area contributed by atoms with Gasteiger partial charge in [-0.3, -0.25) is 4.79 Å². The van der Waals surface area contributed by atoms with Crippen molar-refractivity contribution in [2.75, 3.05) is 26.8 Å². The third-order valence-electron chi connectivity index (χ3n) is 5.76.